The molecule has 1 aromatic rings. The molecule has 1 aliphatic carbocycles. The maximum absolute atomic E-state index is 9.24. The second-order valence-corrected chi connectivity index (χ2v) is 4.03. The van der Waals surface area contributed by atoms with Gasteiger partial charge in [-0.1, -0.05) is 43.2 Å². The molecule has 1 aromatic carbocycles. The molecule has 0 heterocycles. The minimum atomic E-state index is -1.16. The van der Waals surface area contributed by atoms with Crippen LogP contribution in [-0.2, 0) is 0 Å². The minimum absolute atomic E-state index is 0.0254. The van der Waals surface area contributed by atoms with Gasteiger partial charge in [0.15, 0.2) is 0 Å². The van der Waals surface area contributed by atoms with Crippen molar-refractivity contribution in [2.24, 2.45) is 0 Å². The van der Waals surface area contributed by atoms with Crippen molar-refractivity contribution >= 4 is 7.12 Å². The van der Waals surface area contributed by atoms with Crippen LogP contribution in [0.1, 0.15) is 30.7 Å². The van der Waals surface area contributed by atoms with E-state index < -0.39 is 7.12 Å². The van der Waals surface area contributed by atoms with E-state index in [1.54, 1.807) is 0 Å². The van der Waals surface area contributed by atoms with E-state index in [-0.39, 0.29) is 5.82 Å². The van der Waals surface area contributed by atoms with Crippen LogP contribution in [0.25, 0.3) is 0 Å². The lowest BCUT2D eigenvalue weighted by molar-refractivity contribution is 0.377. The van der Waals surface area contributed by atoms with Gasteiger partial charge in [0.1, 0.15) is 0 Å². The molecule has 1 fully saturated rings. The fourth-order valence-corrected chi connectivity index (χ4v) is 2.46. The minimum Gasteiger partial charge on any atom is -0.427 e. The molecular weight excluding hydrogens is 175 g/mol. The van der Waals surface area contributed by atoms with Gasteiger partial charge in [0, 0.05) is 5.82 Å². The zero-order valence-corrected chi connectivity index (χ0v) is 8.13. The molecule has 2 rings (SSSR count). The van der Waals surface area contributed by atoms with Gasteiger partial charge in [-0.3, -0.25) is 0 Å². The summed E-state index contributed by atoms with van der Waals surface area (Å²) in [5, 5.41) is 18.5. The predicted octanol–water partition coefficient (Wildman–Crippen LogP) is 1.80. The lowest BCUT2D eigenvalue weighted by Crippen LogP contribution is -2.22. The van der Waals surface area contributed by atoms with Crippen molar-refractivity contribution in [1.29, 1.82) is 0 Å². The van der Waals surface area contributed by atoms with Gasteiger partial charge in [0.2, 0.25) is 0 Å². The Balaban J connectivity index is 2.18. The monoisotopic (exact) mass is 190 g/mol. The summed E-state index contributed by atoms with van der Waals surface area (Å²) in [5.41, 5.74) is 1.24. The summed E-state index contributed by atoms with van der Waals surface area (Å²) in [6.45, 7) is 0. The van der Waals surface area contributed by atoms with Crippen molar-refractivity contribution in [1.82, 2.24) is 0 Å². The molecule has 74 valence electrons. The first-order valence-electron chi connectivity index (χ1n) is 5.20. The Morgan fingerprint density at radius 1 is 1.07 bits per heavy atom. The van der Waals surface area contributed by atoms with Crippen LogP contribution in [0.3, 0.4) is 0 Å². The summed E-state index contributed by atoms with van der Waals surface area (Å²) in [6.07, 6.45) is 3.10. The molecule has 0 aromatic heterocycles. The van der Waals surface area contributed by atoms with Crippen LogP contribution >= 0.6 is 0 Å². The van der Waals surface area contributed by atoms with Gasteiger partial charge in [-0.2, -0.15) is 0 Å². The average molecular weight is 190 g/mol. The van der Waals surface area contributed by atoms with E-state index in [4.69, 9.17) is 0 Å². The second-order valence-electron chi connectivity index (χ2n) is 4.03. The molecule has 2 nitrogen and oxygen atoms in total. The molecule has 3 heteroatoms. The quantitative estimate of drug-likeness (QED) is 0.698. The standard InChI is InChI=1S/C11H15BO2/c13-12(14)11-8-4-7-10(11)9-5-2-1-3-6-9/h1-3,5-6,10-11,13-14H,4,7-8H2/t10-,11+/m1/s1. The Bertz CT molecular complexity index is 287. The van der Waals surface area contributed by atoms with Gasteiger partial charge < -0.3 is 10.0 Å². The Labute approximate surface area is 84.7 Å². The maximum Gasteiger partial charge on any atom is 0.455 e. The topological polar surface area (TPSA) is 40.5 Å². The van der Waals surface area contributed by atoms with Crippen LogP contribution in [0, 0.1) is 0 Å². The summed E-state index contributed by atoms with van der Waals surface area (Å²) < 4.78 is 0. The van der Waals surface area contributed by atoms with Gasteiger partial charge >= 0.3 is 7.12 Å². The number of hydrogen-bond acceptors (Lipinski definition) is 2. The first kappa shape index (κ1) is 9.75. The second kappa shape index (κ2) is 4.15. The van der Waals surface area contributed by atoms with Gasteiger partial charge in [-0.05, 0) is 17.9 Å². The molecule has 1 aliphatic rings. The SMILES string of the molecule is OB(O)[C@H]1CCC[C@@H]1c1ccccc1. The van der Waals surface area contributed by atoms with Gasteiger partial charge in [0.05, 0.1) is 0 Å². The fourth-order valence-electron chi connectivity index (χ4n) is 2.46. The number of benzene rings is 1. The third kappa shape index (κ3) is 1.84. The maximum atomic E-state index is 9.24. The highest BCUT2D eigenvalue weighted by molar-refractivity contribution is 6.43. The molecule has 0 amide bonds. The van der Waals surface area contributed by atoms with E-state index in [0.29, 0.717) is 5.92 Å². The van der Waals surface area contributed by atoms with Crippen LogP contribution in [0.15, 0.2) is 30.3 Å². The zero-order valence-electron chi connectivity index (χ0n) is 8.13. The van der Waals surface area contributed by atoms with E-state index >= 15 is 0 Å². The van der Waals surface area contributed by atoms with Crippen molar-refractivity contribution < 1.29 is 10.0 Å². The van der Waals surface area contributed by atoms with E-state index in [2.05, 4.69) is 12.1 Å². The first-order valence-corrected chi connectivity index (χ1v) is 5.20. The van der Waals surface area contributed by atoms with Gasteiger partial charge in [-0.25, -0.2) is 0 Å². The smallest absolute Gasteiger partial charge is 0.427 e. The van der Waals surface area contributed by atoms with Crippen molar-refractivity contribution in [3.8, 4) is 0 Å². The van der Waals surface area contributed by atoms with Crippen LogP contribution in [-0.4, -0.2) is 17.2 Å². The Morgan fingerprint density at radius 3 is 2.43 bits per heavy atom. The largest absolute Gasteiger partial charge is 0.455 e. The predicted molar refractivity (Wildman–Crippen MR) is 57.0 cm³/mol. The summed E-state index contributed by atoms with van der Waals surface area (Å²) in [7, 11) is -1.16. The Kier molecular flexibility index (Phi) is 2.89. The zero-order chi connectivity index (χ0) is 9.97. The molecule has 2 atom stereocenters. The van der Waals surface area contributed by atoms with Crippen molar-refractivity contribution in [3.05, 3.63) is 35.9 Å². The van der Waals surface area contributed by atoms with E-state index in [0.717, 1.165) is 19.3 Å². The van der Waals surface area contributed by atoms with Crippen molar-refractivity contribution in [2.75, 3.05) is 0 Å². The molecule has 0 saturated heterocycles. The highest BCUT2D eigenvalue weighted by Crippen LogP contribution is 2.44. The molecule has 1 saturated carbocycles. The molecule has 0 unspecified atom stereocenters. The average Bonchev–Trinajstić information content (AvgIpc) is 2.67. The molecule has 0 spiro atoms. The van der Waals surface area contributed by atoms with Crippen LogP contribution < -0.4 is 0 Å². The third-order valence-electron chi connectivity index (χ3n) is 3.18. The molecule has 0 bridgehead atoms. The molecule has 14 heavy (non-hydrogen) atoms. The molecule has 2 N–H and O–H groups in total. The van der Waals surface area contributed by atoms with Crippen LogP contribution in [0.5, 0.6) is 0 Å². The third-order valence-corrected chi connectivity index (χ3v) is 3.18. The van der Waals surface area contributed by atoms with E-state index in [9.17, 15) is 10.0 Å². The number of rotatable bonds is 2. The summed E-state index contributed by atoms with van der Waals surface area (Å²) in [5.74, 6) is 0.355. The first-order chi connectivity index (χ1) is 6.79. The van der Waals surface area contributed by atoms with Crippen LogP contribution in [0.2, 0.25) is 5.82 Å². The fraction of sp³-hybridized carbons (Fsp3) is 0.455. The van der Waals surface area contributed by atoms with Gasteiger partial charge in [-0.15, -0.1) is 0 Å². The van der Waals surface area contributed by atoms with Gasteiger partial charge in [0.25, 0.3) is 0 Å². The summed E-state index contributed by atoms with van der Waals surface area (Å²) in [6, 6.07) is 10.2. The normalized spacial score (nSPS) is 26.4. The Morgan fingerprint density at radius 2 is 1.79 bits per heavy atom. The number of hydrogen-bond donors (Lipinski definition) is 2. The van der Waals surface area contributed by atoms with E-state index in [1.165, 1.54) is 5.56 Å². The van der Waals surface area contributed by atoms with Crippen molar-refractivity contribution in [2.45, 2.75) is 31.0 Å². The highest BCUT2D eigenvalue weighted by Gasteiger charge is 2.36. The molecule has 0 radical (unpaired) electrons. The van der Waals surface area contributed by atoms with Crippen LogP contribution in [0.4, 0.5) is 0 Å². The molecule has 0 aliphatic heterocycles. The molecular formula is C11H15BO2. The van der Waals surface area contributed by atoms with Crippen molar-refractivity contribution in [3.63, 3.8) is 0 Å². The summed E-state index contributed by atoms with van der Waals surface area (Å²) >= 11 is 0. The Hall–Kier alpha value is -0.795. The lowest BCUT2D eigenvalue weighted by Gasteiger charge is -2.18. The lowest BCUT2D eigenvalue weighted by atomic mass is 9.65. The highest BCUT2D eigenvalue weighted by atomic mass is 16.4. The summed E-state index contributed by atoms with van der Waals surface area (Å²) in [4.78, 5) is 0. The van der Waals surface area contributed by atoms with E-state index in [1.807, 2.05) is 18.2 Å².